The summed E-state index contributed by atoms with van der Waals surface area (Å²) >= 11 is 12.6. The average molecular weight is 652 g/mol. The summed E-state index contributed by atoms with van der Waals surface area (Å²) < 4.78 is 0. The van der Waals surface area contributed by atoms with Gasteiger partial charge in [-0.2, -0.15) is 0 Å². The van der Waals surface area contributed by atoms with Crippen LogP contribution in [0, 0.1) is 5.92 Å². The Morgan fingerprint density at radius 3 is 2.47 bits per heavy atom. The molecule has 0 aromatic heterocycles. The van der Waals surface area contributed by atoms with Gasteiger partial charge in [0.15, 0.2) is 5.96 Å². The van der Waals surface area contributed by atoms with Gasteiger partial charge < -0.3 is 22.1 Å². The zero-order valence-electron chi connectivity index (χ0n) is 26.2. The van der Waals surface area contributed by atoms with E-state index in [0.717, 1.165) is 43.5 Å². The Kier molecular flexibility index (Phi) is 12.0. The number of hydrogen-bond donors (Lipinski definition) is 3. The van der Waals surface area contributed by atoms with Gasteiger partial charge in [-0.3, -0.25) is 14.7 Å². The van der Waals surface area contributed by atoms with Gasteiger partial charge in [-0.15, -0.1) is 0 Å². The van der Waals surface area contributed by atoms with E-state index in [0.29, 0.717) is 41.9 Å². The number of halogens is 2. The van der Waals surface area contributed by atoms with E-state index in [1.54, 1.807) is 6.07 Å². The summed E-state index contributed by atoms with van der Waals surface area (Å²) in [5.41, 5.74) is 20.1. The summed E-state index contributed by atoms with van der Waals surface area (Å²) in [6, 6.07) is 20.5. The van der Waals surface area contributed by atoms with Gasteiger partial charge in [0.1, 0.15) is 0 Å². The molecule has 3 atom stereocenters. The molecule has 7 nitrogen and oxygen atoms in total. The van der Waals surface area contributed by atoms with E-state index < -0.39 is 0 Å². The number of nitrogens with zero attached hydrogens (tertiary/aromatic N) is 3. The lowest BCUT2D eigenvalue weighted by molar-refractivity contribution is -0.138. The second-order valence-electron chi connectivity index (χ2n) is 13.1. The van der Waals surface area contributed by atoms with Crippen LogP contribution in [-0.2, 0) is 17.6 Å². The van der Waals surface area contributed by atoms with Crippen LogP contribution in [0.1, 0.15) is 62.5 Å². The fraction of sp³-hybridized carbons (Fsp3) is 0.500. The molecule has 3 aromatic rings. The number of hydrogen-bond acceptors (Lipinski definition) is 4. The maximum Gasteiger partial charge on any atom is 0.227 e. The van der Waals surface area contributed by atoms with E-state index in [-0.39, 0.29) is 30.0 Å². The first-order valence-electron chi connectivity index (χ1n) is 16.5. The summed E-state index contributed by atoms with van der Waals surface area (Å²) in [5.74, 6) is 0.968. The molecule has 3 aromatic carbocycles. The summed E-state index contributed by atoms with van der Waals surface area (Å²) in [6.07, 6.45) is 10.2. The third kappa shape index (κ3) is 9.58. The van der Waals surface area contributed by atoms with Crippen LogP contribution in [-0.4, -0.2) is 66.0 Å². The van der Waals surface area contributed by atoms with Gasteiger partial charge in [0, 0.05) is 54.3 Å². The quantitative estimate of drug-likeness (QED) is 0.123. The van der Waals surface area contributed by atoms with Crippen molar-refractivity contribution in [1.82, 2.24) is 9.80 Å². The lowest BCUT2D eigenvalue weighted by Crippen LogP contribution is -2.62. The molecule has 6 N–H and O–H groups in total. The Bertz CT molecular complexity index is 1450. The SMILES string of the molecule is NC(N)=NCCC[C@H]1CN(C(=O)Cc2ccc3ccccc3c2)[C@H](CC2CCCCC2)CN1C[C@H](N)Cc1ccc(Cl)cc1Cl. The molecule has 1 saturated heterocycles. The topological polar surface area (TPSA) is 114 Å². The van der Waals surface area contributed by atoms with E-state index in [2.05, 4.69) is 45.1 Å². The van der Waals surface area contributed by atoms with Gasteiger partial charge in [-0.05, 0) is 65.6 Å². The molecule has 45 heavy (non-hydrogen) atoms. The Labute approximate surface area is 278 Å². The van der Waals surface area contributed by atoms with Crippen molar-refractivity contribution in [2.75, 3.05) is 26.2 Å². The number of guanidine groups is 1. The molecule has 5 rings (SSSR count). The van der Waals surface area contributed by atoms with Gasteiger partial charge in [0.05, 0.1) is 6.42 Å². The normalized spacial score (nSPS) is 20.3. The molecule has 242 valence electrons. The zero-order valence-corrected chi connectivity index (χ0v) is 27.7. The van der Waals surface area contributed by atoms with Gasteiger partial charge >= 0.3 is 0 Å². The molecule has 1 aliphatic heterocycles. The van der Waals surface area contributed by atoms with Crippen LogP contribution >= 0.6 is 23.2 Å². The van der Waals surface area contributed by atoms with Crippen LogP contribution in [0.25, 0.3) is 10.8 Å². The molecule has 1 heterocycles. The van der Waals surface area contributed by atoms with Crippen molar-refractivity contribution in [3.63, 3.8) is 0 Å². The maximum absolute atomic E-state index is 14.2. The van der Waals surface area contributed by atoms with Gasteiger partial charge in [-0.1, -0.05) is 104 Å². The second-order valence-corrected chi connectivity index (χ2v) is 13.9. The van der Waals surface area contributed by atoms with Gasteiger partial charge in [0.25, 0.3) is 0 Å². The number of nitrogens with two attached hydrogens (primary N) is 3. The molecule has 1 saturated carbocycles. The number of amides is 1. The Morgan fingerprint density at radius 2 is 1.71 bits per heavy atom. The number of piperazine rings is 1. The molecule has 0 unspecified atom stereocenters. The number of rotatable bonds is 12. The number of benzene rings is 3. The standard InChI is InChI=1S/C36H48Cl2N6O/c37-30-15-14-29(34(38)21-30)20-31(39)22-43-23-33(18-25-7-2-1-3-8-25)44(24-32(43)11-6-16-42-36(40)41)35(45)19-26-12-13-27-9-4-5-10-28(27)17-26/h4-5,9-10,12-15,17,21,25,31-33H,1-3,6-8,11,16,18-20,22-24,39H2,(H4,40,41,42)/t31-,32+,33-/m1/s1. The van der Waals surface area contributed by atoms with E-state index >= 15 is 0 Å². The molecule has 1 aliphatic carbocycles. The second kappa shape index (κ2) is 16.1. The number of fused-ring (bicyclic) bond motifs is 1. The van der Waals surface area contributed by atoms with Gasteiger partial charge in [0.2, 0.25) is 5.91 Å². The first kappa shape index (κ1) is 33.5. The van der Waals surface area contributed by atoms with Crippen molar-refractivity contribution in [2.24, 2.45) is 28.1 Å². The Morgan fingerprint density at radius 1 is 0.933 bits per heavy atom. The van der Waals surface area contributed by atoms with Crippen LogP contribution in [0.2, 0.25) is 10.0 Å². The molecule has 0 bridgehead atoms. The highest BCUT2D eigenvalue weighted by Gasteiger charge is 2.37. The number of carbonyl (C=O) groups is 1. The number of aliphatic imine (C=N–C) groups is 1. The highest BCUT2D eigenvalue weighted by Crippen LogP contribution is 2.32. The lowest BCUT2D eigenvalue weighted by atomic mass is 9.83. The monoisotopic (exact) mass is 650 g/mol. The van der Waals surface area contributed by atoms with Crippen molar-refractivity contribution >= 4 is 45.8 Å². The molecule has 0 radical (unpaired) electrons. The van der Waals surface area contributed by atoms with Crippen LogP contribution in [0.3, 0.4) is 0 Å². The van der Waals surface area contributed by atoms with Gasteiger partial charge in [-0.25, -0.2) is 0 Å². The number of carbonyl (C=O) groups excluding carboxylic acids is 1. The highest BCUT2D eigenvalue weighted by atomic mass is 35.5. The summed E-state index contributed by atoms with van der Waals surface area (Å²) in [5, 5.41) is 3.62. The van der Waals surface area contributed by atoms with Crippen molar-refractivity contribution < 1.29 is 4.79 Å². The van der Waals surface area contributed by atoms with Crippen molar-refractivity contribution in [2.45, 2.75) is 82.3 Å². The van der Waals surface area contributed by atoms with E-state index in [1.165, 1.54) is 42.9 Å². The van der Waals surface area contributed by atoms with Crippen molar-refractivity contribution in [3.8, 4) is 0 Å². The minimum atomic E-state index is -0.112. The molecule has 9 heteroatoms. The Hall–Kier alpha value is -2.84. The Balaban J connectivity index is 1.35. The highest BCUT2D eigenvalue weighted by molar-refractivity contribution is 6.35. The maximum atomic E-state index is 14.2. The van der Waals surface area contributed by atoms with Crippen LogP contribution < -0.4 is 17.2 Å². The van der Waals surface area contributed by atoms with Crippen molar-refractivity contribution in [3.05, 3.63) is 81.8 Å². The first-order chi connectivity index (χ1) is 21.7. The minimum absolute atomic E-state index is 0.108. The van der Waals surface area contributed by atoms with Crippen molar-refractivity contribution in [1.29, 1.82) is 0 Å². The minimum Gasteiger partial charge on any atom is -0.370 e. The first-order valence-corrected chi connectivity index (χ1v) is 17.3. The van der Waals surface area contributed by atoms with E-state index in [1.807, 2.05) is 24.3 Å². The lowest BCUT2D eigenvalue weighted by Gasteiger charge is -2.48. The largest absolute Gasteiger partial charge is 0.370 e. The summed E-state index contributed by atoms with van der Waals surface area (Å²) in [4.78, 5) is 23.1. The predicted molar refractivity (Wildman–Crippen MR) is 188 cm³/mol. The third-order valence-electron chi connectivity index (χ3n) is 9.59. The van der Waals surface area contributed by atoms with Crippen LogP contribution in [0.15, 0.2) is 65.7 Å². The molecule has 0 spiro atoms. The van der Waals surface area contributed by atoms with E-state index in [9.17, 15) is 4.79 Å². The molecule has 2 aliphatic rings. The van der Waals surface area contributed by atoms with Crippen LogP contribution in [0.5, 0.6) is 0 Å². The summed E-state index contributed by atoms with van der Waals surface area (Å²) in [7, 11) is 0. The third-order valence-corrected chi connectivity index (χ3v) is 10.2. The zero-order chi connectivity index (χ0) is 31.8. The van der Waals surface area contributed by atoms with E-state index in [4.69, 9.17) is 40.4 Å². The molecule has 1 amide bonds. The fourth-order valence-corrected chi connectivity index (χ4v) is 7.80. The smallest absolute Gasteiger partial charge is 0.227 e. The molecule has 2 fully saturated rings. The fourth-order valence-electron chi connectivity index (χ4n) is 7.32. The van der Waals surface area contributed by atoms with Crippen LogP contribution in [0.4, 0.5) is 0 Å². The average Bonchev–Trinajstić information content (AvgIpc) is 3.02. The predicted octanol–water partition coefficient (Wildman–Crippen LogP) is 6.16. The molecular weight excluding hydrogens is 603 g/mol. The molecular formula is C36H48Cl2N6O. The summed E-state index contributed by atoms with van der Waals surface area (Å²) in [6.45, 7) is 2.78.